The molecule has 0 spiro atoms. The van der Waals surface area contributed by atoms with Crippen molar-refractivity contribution in [2.45, 2.75) is 56.3 Å². The van der Waals surface area contributed by atoms with Crippen LogP contribution in [-0.4, -0.2) is 54.9 Å². The molecule has 4 rings (SSSR count). The predicted molar refractivity (Wildman–Crippen MR) is 126 cm³/mol. The minimum Gasteiger partial charge on any atom is -0.390 e. The average molecular weight is 437 g/mol. The van der Waals surface area contributed by atoms with Gasteiger partial charge in [-0.15, -0.1) is 0 Å². The van der Waals surface area contributed by atoms with E-state index in [2.05, 4.69) is 70.9 Å². The molecule has 1 aliphatic heterocycles. The number of likely N-dealkylation sites (tertiary alicyclic amines) is 1. The summed E-state index contributed by atoms with van der Waals surface area (Å²) >= 11 is 0. The molecule has 1 saturated heterocycles. The van der Waals surface area contributed by atoms with E-state index in [1.165, 1.54) is 11.1 Å². The van der Waals surface area contributed by atoms with Crippen molar-refractivity contribution in [3.63, 3.8) is 0 Å². The van der Waals surface area contributed by atoms with E-state index < -0.39 is 6.10 Å². The van der Waals surface area contributed by atoms with E-state index in [1.54, 1.807) is 7.11 Å². The molecule has 0 bridgehead atoms. The number of nitrogens with one attached hydrogen (secondary N) is 1. The van der Waals surface area contributed by atoms with E-state index in [0.717, 1.165) is 38.9 Å². The largest absolute Gasteiger partial charge is 0.390 e. The summed E-state index contributed by atoms with van der Waals surface area (Å²) in [4.78, 5) is 15.5. The van der Waals surface area contributed by atoms with Crippen molar-refractivity contribution in [1.82, 2.24) is 10.2 Å². The average Bonchev–Trinajstić information content (AvgIpc) is 2.85. The van der Waals surface area contributed by atoms with Gasteiger partial charge in [0.2, 0.25) is 5.91 Å². The Labute approximate surface area is 191 Å². The molecule has 1 heterocycles. The van der Waals surface area contributed by atoms with E-state index in [1.807, 2.05) is 0 Å². The molecule has 1 aliphatic carbocycles. The molecule has 172 valence electrons. The molecule has 1 amide bonds. The normalized spacial score (nSPS) is 25.9. The van der Waals surface area contributed by atoms with Crippen LogP contribution in [0.25, 0.3) is 0 Å². The van der Waals surface area contributed by atoms with Crippen molar-refractivity contribution in [2.24, 2.45) is 5.92 Å². The Kier molecular flexibility index (Phi) is 7.61. The van der Waals surface area contributed by atoms with Crippen molar-refractivity contribution in [2.75, 3.05) is 26.7 Å². The highest BCUT2D eigenvalue weighted by Crippen LogP contribution is 2.36. The zero-order valence-electron chi connectivity index (χ0n) is 19.1. The van der Waals surface area contributed by atoms with Gasteiger partial charge in [0.1, 0.15) is 0 Å². The quantitative estimate of drug-likeness (QED) is 0.697. The van der Waals surface area contributed by atoms with Gasteiger partial charge in [0, 0.05) is 31.5 Å². The Balaban J connectivity index is 1.40. The Morgan fingerprint density at radius 3 is 2.38 bits per heavy atom. The van der Waals surface area contributed by atoms with Crippen LogP contribution in [0.3, 0.4) is 0 Å². The molecular weight excluding hydrogens is 400 g/mol. The number of rotatable bonds is 7. The SMILES string of the molecule is COC1CC(C(=O)NCC2(c3ccccc3)CCN(Cc3ccccc3)CC2)CCC1O. The lowest BCUT2D eigenvalue weighted by molar-refractivity contribution is -0.130. The lowest BCUT2D eigenvalue weighted by Gasteiger charge is -2.43. The summed E-state index contributed by atoms with van der Waals surface area (Å²) in [6.07, 6.45) is 3.26. The third-order valence-corrected chi connectivity index (χ3v) is 7.48. The van der Waals surface area contributed by atoms with Gasteiger partial charge in [0.25, 0.3) is 0 Å². The molecule has 2 aliphatic rings. The van der Waals surface area contributed by atoms with Gasteiger partial charge < -0.3 is 15.2 Å². The third kappa shape index (κ3) is 5.40. The molecule has 5 nitrogen and oxygen atoms in total. The first kappa shape index (κ1) is 23.0. The second kappa shape index (κ2) is 10.6. The van der Waals surface area contributed by atoms with E-state index in [-0.39, 0.29) is 23.3 Å². The molecule has 2 aromatic carbocycles. The smallest absolute Gasteiger partial charge is 0.223 e. The molecule has 3 unspecified atom stereocenters. The van der Waals surface area contributed by atoms with Gasteiger partial charge in [0.15, 0.2) is 0 Å². The zero-order valence-corrected chi connectivity index (χ0v) is 19.1. The highest BCUT2D eigenvalue weighted by Gasteiger charge is 2.38. The maximum Gasteiger partial charge on any atom is 0.223 e. The van der Waals surface area contributed by atoms with Crippen LogP contribution < -0.4 is 5.32 Å². The van der Waals surface area contributed by atoms with Gasteiger partial charge in [-0.3, -0.25) is 9.69 Å². The first-order chi connectivity index (χ1) is 15.6. The molecule has 2 N–H and O–H groups in total. The number of aliphatic hydroxyl groups excluding tert-OH is 1. The van der Waals surface area contributed by atoms with Crippen LogP contribution in [0.2, 0.25) is 0 Å². The minimum atomic E-state index is -0.464. The van der Waals surface area contributed by atoms with E-state index >= 15 is 0 Å². The zero-order chi connectivity index (χ0) is 22.4. The molecule has 32 heavy (non-hydrogen) atoms. The van der Waals surface area contributed by atoms with Gasteiger partial charge >= 0.3 is 0 Å². The molecule has 3 atom stereocenters. The summed E-state index contributed by atoms with van der Waals surface area (Å²) in [6, 6.07) is 21.3. The van der Waals surface area contributed by atoms with Crippen molar-refractivity contribution in [3.05, 3.63) is 71.8 Å². The molecule has 1 saturated carbocycles. The van der Waals surface area contributed by atoms with Crippen LogP contribution in [0.5, 0.6) is 0 Å². The number of methoxy groups -OCH3 is 1. The molecular formula is C27H36N2O3. The van der Waals surface area contributed by atoms with Gasteiger partial charge in [-0.25, -0.2) is 0 Å². The van der Waals surface area contributed by atoms with Gasteiger partial charge in [-0.05, 0) is 56.3 Å². The molecule has 2 aromatic rings. The van der Waals surface area contributed by atoms with Crippen LogP contribution >= 0.6 is 0 Å². The number of ether oxygens (including phenoxy) is 1. The van der Waals surface area contributed by atoms with Crippen LogP contribution in [0, 0.1) is 5.92 Å². The number of nitrogens with zero attached hydrogens (tertiary/aromatic N) is 1. The summed E-state index contributed by atoms with van der Waals surface area (Å²) in [7, 11) is 1.61. The Bertz CT molecular complexity index is 850. The lowest BCUT2D eigenvalue weighted by atomic mass is 9.72. The topological polar surface area (TPSA) is 61.8 Å². The number of piperidine rings is 1. The molecule has 5 heteroatoms. The summed E-state index contributed by atoms with van der Waals surface area (Å²) in [5, 5.41) is 13.4. The van der Waals surface area contributed by atoms with E-state index in [9.17, 15) is 9.90 Å². The Morgan fingerprint density at radius 1 is 1.06 bits per heavy atom. The Morgan fingerprint density at radius 2 is 1.72 bits per heavy atom. The third-order valence-electron chi connectivity index (χ3n) is 7.48. The monoisotopic (exact) mass is 436 g/mol. The van der Waals surface area contributed by atoms with Crippen LogP contribution in [0.1, 0.15) is 43.2 Å². The Hall–Kier alpha value is -2.21. The van der Waals surface area contributed by atoms with Crippen LogP contribution in [-0.2, 0) is 21.5 Å². The lowest BCUT2D eigenvalue weighted by Crippen LogP contribution is -2.50. The standard InChI is InChI=1S/C27H36N2O3/c1-32-25-18-22(12-13-24(25)30)26(31)28-20-27(23-10-6-3-7-11-23)14-16-29(17-15-27)19-21-8-4-2-5-9-21/h2-11,22,24-25,30H,12-20H2,1H3,(H,28,31). The molecule has 0 radical (unpaired) electrons. The number of hydrogen-bond acceptors (Lipinski definition) is 4. The maximum atomic E-state index is 13.0. The summed E-state index contributed by atoms with van der Waals surface area (Å²) in [5.74, 6) is 0.00955. The van der Waals surface area contributed by atoms with Gasteiger partial charge in [0.05, 0.1) is 12.2 Å². The number of hydrogen-bond donors (Lipinski definition) is 2. The van der Waals surface area contributed by atoms with Crippen molar-refractivity contribution in [3.8, 4) is 0 Å². The second-order valence-corrected chi connectivity index (χ2v) is 9.48. The fraction of sp³-hybridized carbons (Fsp3) is 0.519. The summed E-state index contributed by atoms with van der Waals surface area (Å²) in [6.45, 7) is 3.66. The van der Waals surface area contributed by atoms with Crippen molar-refractivity contribution >= 4 is 5.91 Å². The fourth-order valence-corrected chi connectivity index (χ4v) is 5.35. The van der Waals surface area contributed by atoms with Crippen LogP contribution in [0.4, 0.5) is 0 Å². The number of carbonyl (C=O) groups excluding carboxylic acids is 1. The number of carbonyl (C=O) groups is 1. The maximum absolute atomic E-state index is 13.0. The van der Waals surface area contributed by atoms with Crippen LogP contribution in [0.15, 0.2) is 60.7 Å². The van der Waals surface area contributed by atoms with Gasteiger partial charge in [-0.2, -0.15) is 0 Å². The number of benzene rings is 2. The predicted octanol–water partition coefficient (Wildman–Crippen LogP) is 3.51. The minimum absolute atomic E-state index is 0.0427. The van der Waals surface area contributed by atoms with Crippen molar-refractivity contribution < 1.29 is 14.6 Å². The highest BCUT2D eigenvalue weighted by molar-refractivity contribution is 5.79. The highest BCUT2D eigenvalue weighted by atomic mass is 16.5. The van der Waals surface area contributed by atoms with E-state index in [0.29, 0.717) is 19.4 Å². The summed E-state index contributed by atoms with van der Waals surface area (Å²) < 4.78 is 5.39. The van der Waals surface area contributed by atoms with E-state index in [4.69, 9.17) is 4.74 Å². The molecule has 0 aromatic heterocycles. The number of amides is 1. The summed E-state index contributed by atoms with van der Waals surface area (Å²) in [5.41, 5.74) is 2.62. The number of aliphatic hydroxyl groups is 1. The van der Waals surface area contributed by atoms with Crippen molar-refractivity contribution in [1.29, 1.82) is 0 Å². The molecule has 2 fully saturated rings. The second-order valence-electron chi connectivity index (χ2n) is 9.48. The van der Waals surface area contributed by atoms with Gasteiger partial charge in [-0.1, -0.05) is 60.7 Å². The fourth-order valence-electron chi connectivity index (χ4n) is 5.35. The first-order valence-corrected chi connectivity index (χ1v) is 11.9. The first-order valence-electron chi connectivity index (χ1n) is 11.9.